The van der Waals surface area contributed by atoms with Gasteiger partial charge in [0, 0.05) is 23.0 Å². The Balaban J connectivity index is 1.75. The fourth-order valence-electron chi connectivity index (χ4n) is 2.38. The number of anilines is 3. The largest absolute Gasteiger partial charge is 0.368 e. The second kappa shape index (κ2) is 8.15. The Morgan fingerprint density at radius 1 is 1.11 bits per heavy atom. The third-order valence-corrected chi connectivity index (χ3v) is 4.48. The molecule has 3 aromatic rings. The van der Waals surface area contributed by atoms with Gasteiger partial charge in [0.25, 0.3) is 0 Å². The average molecular weight is 415 g/mol. The van der Waals surface area contributed by atoms with Gasteiger partial charge < -0.3 is 16.8 Å². The molecular formula is C18H15ClN6O2S. The molecule has 142 valence electrons. The van der Waals surface area contributed by atoms with Crippen LogP contribution in [0.1, 0.15) is 10.4 Å². The van der Waals surface area contributed by atoms with Crippen molar-refractivity contribution >= 4 is 53.7 Å². The van der Waals surface area contributed by atoms with Gasteiger partial charge in [0.15, 0.2) is 0 Å². The lowest BCUT2D eigenvalue weighted by Gasteiger charge is -2.17. The third-order valence-electron chi connectivity index (χ3n) is 3.76. The van der Waals surface area contributed by atoms with Crippen LogP contribution in [0, 0.1) is 0 Å². The van der Waals surface area contributed by atoms with Crippen LogP contribution < -0.4 is 21.1 Å². The van der Waals surface area contributed by atoms with Crippen molar-refractivity contribution in [1.29, 1.82) is 0 Å². The highest BCUT2D eigenvalue weighted by molar-refractivity contribution is 7.82. The van der Waals surface area contributed by atoms with E-state index in [1.807, 2.05) is 0 Å². The minimum absolute atomic E-state index is 0.138. The van der Waals surface area contributed by atoms with Crippen molar-refractivity contribution in [3.8, 4) is 11.3 Å². The topological polar surface area (TPSA) is 127 Å². The van der Waals surface area contributed by atoms with Gasteiger partial charge in [-0.15, -0.1) is 0 Å². The zero-order valence-corrected chi connectivity index (χ0v) is 16.0. The monoisotopic (exact) mass is 414 g/mol. The molecule has 0 aliphatic carbocycles. The van der Waals surface area contributed by atoms with Gasteiger partial charge in [0.2, 0.25) is 11.9 Å². The van der Waals surface area contributed by atoms with Crippen LogP contribution >= 0.6 is 24.4 Å². The van der Waals surface area contributed by atoms with Gasteiger partial charge in [-0.25, -0.2) is 19.1 Å². The highest BCUT2D eigenvalue weighted by Crippen LogP contribution is 2.29. The molecule has 0 saturated carbocycles. The van der Waals surface area contributed by atoms with Gasteiger partial charge in [-0.3, -0.25) is 4.79 Å². The molecule has 0 fully saturated rings. The molecule has 0 aliphatic heterocycles. The van der Waals surface area contributed by atoms with Crippen molar-refractivity contribution in [2.75, 3.05) is 15.4 Å². The number of nitrogens with zero attached hydrogens (tertiary/aromatic N) is 3. The van der Waals surface area contributed by atoms with Gasteiger partial charge in [-0.1, -0.05) is 24.4 Å². The van der Waals surface area contributed by atoms with Crippen LogP contribution in [0.4, 0.5) is 22.1 Å². The average Bonchev–Trinajstić information content (AvgIpc) is 2.67. The van der Waals surface area contributed by atoms with Crippen LogP contribution in [-0.2, 0) is 0 Å². The molecule has 5 N–H and O–H groups in total. The van der Waals surface area contributed by atoms with Gasteiger partial charge in [0.05, 0.1) is 16.4 Å². The van der Waals surface area contributed by atoms with Gasteiger partial charge >= 0.3 is 6.03 Å². The van der Waals surface area contributed by atoms with Crippen molar-refractivity contribution in [3.63, 3.8) is 0 Å². The molecule has 0 bridgehead atoms. The Morgan fingerprint density at radius 3 is 2.43 bits per heavy atom. The number of urea groups is 1. The Kier molecular flexibility index (Phi) is 5.67. The molecule has 0 radical (unpaired) electrons. The quantitative estimate of drug-likeness (QED) is 0.487. The Labute approximate surface area is 171 Å². The molecule has 10 heteroatoms. The van der Waals surface area contributed by atoms with Crippen molar-refractivity contribution < 1.29 is 9.59 Å². The highest BCUT2D eigenvalue weighted by Gasteiger charge is 2.14. The van der Waals surface area contributed by atoms with E-state index < -0.39 is 11.9 Å². The SMILES string of the molecule is NC(=O)c1ccc(N(S)C(=O)Nc2ccc(-c3ccnc(N)n3)c(Cl)c2)cc1. The number of halogens is 1. The van der Waals surface area contributed by atoms with E-state index in [1.54, 1.807) is 36.4 Å². The number of carbonyl (C=O) groups is 2. The molecular weight excluding hydrogens is 400 g/mol. The molecule has 2 aromatic carbocycles. The number of primary amides is 1. The van der Waals surface area contributed by atoms with E-state index in [-0.39, 0.29) is 5.95 Å². The number of hydrogen-bond donors (Lipinski definition) is 4. The molecule has 8 nitrogen and oxygen atoms in total. The Bertz CT molecular complexity index is 1040. The number of nitrogens with two attached hydrogens (primary N) is 2. The lowest BCUT2D eigenvalue weighted by molar-refractivity contribution is 0.100. The van der Waals surface area contributed by atoms with Crippen LogP contribution in [0.15, 0.2) is 54.7 Å². The summed E-state index contributed by atoms with van der Waals surface area (Å²) in [5.41, 5.74) is 13.3. The highest BCUT2D eigenvalue weighted by atomic mass is 35.5. The summed E-state index contributed by atoms with van der Waals surface area (Å²) >= 11 is 10.5. The fraction of sp³-hybridized carbons (Fsp3) is 0. The number of nitrogens with one attached hydrogen (secondary N) is 1. The second-order valence-corrected chi connectivity index (χ2v) is 6.45. The number of amides is 3. The third kappa shape index (κ3) is 4.33. The van der Waals surface area contributed by atoms with E-state index in [9.17, 15) is 9.59 Å². The number of carbonyl (C=O) groups excluding carboxylic acids is 2. The number of hydrogen-bond acceptors (Lipinski definition) is 6. The van der Waals surface area contributed by atoms with Crippen molar-refractivity contribution in [2.45, 2.75) is 0 Å². The van der Waals surface area contributed by atoms with Crippen LogP contribution in [0.25, 0.3) is 11.3 Å². The maximum absolute atomic E-state index is 12.4. The first-order chi connectivity index (χ1) is 13.3. The molecule has 3 amide bonds. The van der Waals surface area contributed by atoms with E-state index in [0.717, 1.165) is 4.31 Å². The molecule has 0 unspecified atom stereocenters. The van der Waals surface area contributed by atoms with Crippen LogP contribution in [0.2, 0.25) is 5.02 Å². The lowest BCUT2D eigenvalue weighted by atomic mass is 10.1. The summed E-state index contributed by atoms with van der Waals surface area (Å²) in [5.74, 6) is -0.416. The predicted molar refractivity (Wildman–Crippen MR) is 112 cm³/mol. The first-order valence-corrected chi connectivity index (χ1v) is 8.71. The summed E-state index contributed by atoms with van der Waals surface area (Å²) in [6, 6.07) is 12.3. The van der Waals surface area contributed by atoms with Crippen molar-refractivity contribution in [1.82, 2.24) is 9.97 Å². The fourth-order valence-corrected chi connectivity index (χ4v) is 2.85. The number of aromatic nitrogens is 2. The number of rotatable bonds is 4. The Morgan fingerprint density at radius 2 is 1.82 bits per heavy atom. The zero-order valence-electron chi connectivity index (χ0n) is 14.3. The minimum Gasteiger partial charge on any atom is -0.368 e. The standard InChI is InChI=1S/C18H15ClN6O2S/c19-14-9-11(3-6-13(14)15-7-8-22-17(21)24-15)23-18(27)25(28)12-4-1-10(2-5-12)16(20)26/h1-9,28H,(H2,20,26)(H,23,27)(H2,21,22,24). The molecule has 28 heavy (non-hydrogen) atoms. The molecule has 1 heterocycles. The normalized spacial score (nSPS) is 10.4. The summed E-state index contributed by atoms with van der Waals surface area (Å²) in [6.45, 7) is 0. The summed E-state index contributed by atoms with van der Waals surface area (Å²) < 4.78 is 1.09. The van der Waals surface area contributed by atoms with E-state index in [2.05, 4.69) is 28.1 Å². The maximum Gasteiger partial charge on any atom is 0.336 e. The molecule has 3 rings (SSSR count). The molecule has 0 aliphatic rings. The maximum atomic E-state index is 12.4. The van der Waals surface area contributed by atoms with Crippen molar-refractivity contribution in [3.05, 3.63) is 65.3 Å². The van der Waals surface area contributed by atoms with Gasteiger partial charge in [-0.05, 0) is 48.5 Å². The first-order valence-electron chi connectivity index (χ1n) is 7.93. The molecule has 0 atom stereocenters. The predicted octanol–water partition coefficient (Wildman–Crippen LogP) is 3.36. The van der Waals surface area contributed by atoms with E-state index in [4.69, 9.17) is 23.1 Å². The summed E-state index contributed by atoms with van der Waals surface area (Å²) in [5, 5.41) is 3.07. The minimum atomic E-state index is -0.554. The summed E-state index contributed by atoms with van der Waals surface area (Å²) in [7, 11) is 0. The lowest BCUT2D eigenvalue weighted by Crippen LogP contribution is -2.26. The number of benzene rings is 2. The van der Waals surface area contributed by atoms with E-state index in [0.29, 0.717) is 33.2 Å². The molecule has 1 aromatic heterocycles. The zero-order chi connectivity index (χ0) is 20.3. The number of nitrogen functional groups attached to an aromatic ring is 1. The first kappa shape index (κ1) is 19.5. The molecule has 0 saturated heterocycles. The number of thiol groups is 1. The van der Waals surface area contributed by atoms with E-state index >= 15 is 0 Å². The van der Waals surface area contributed by atoms with Crippen LogP contribution in [-0.4, -0.2) is 21.9 Å². The van der Waals surface area contributed by atoms with E-state index in [1.165, 1.54) is 18.3 Å². The van der Waals surface area contributed by atoms with Gasteiger partial charge in [-0.2, -0.15) is 0 Å². The van der Waals surface area contributed by atoms with Crippen LogP contribution in [0.3, 0.4) is 0 Å². The summed E-state index contributed by atoms with van der Waals surface area (Å²) in [6.07, 6.45) is 1.53. The van der Waals surface area contributed by atoms with Crippen LogP contribution in [0.5, 0.6) is 0 Å². The molecule has 0 spiro atoms. The summed E-state index contributed by atoms with van der Waals surface area (Å²) in [4.78, 5) is 31.5. The Hall–Kier alpha value is -3.30. The van der Waals surface area contributed by atoms with Gasteiger partial charge in [0.1, 0.15) is 0 Å². The second-order valence-electron chi connectivity index (χ2n) is 5.65. The van der Waals surface area contributed by atoms with Crippen molar-refractivity contribution in [2.24, 2.45) is 5.73 Å². The smallest absolute Gasteiger partial charge is 0.336 e.